The Balaban J connectivity index is 1.24. The summed E-state index contributed by atoms with van der Waals surface area (Å²) in [6.07, 6.45) is 13.8. The third-order valence-corrected chi connectivity index (χ3v) is 12.2. The number of pyridine rings is 1. The van der Waals surface area contributed by atoms with Crippen molar-refractivity contribution in [1.29, 1.82) is 5.26 Å². The zero-order valence-corrected chi connectivity index (χ0v) is 34.1. The van der Waals surface area contributed by atoms with E-state index in [2.05, 4.69) is 21.3 Å². The number of carbonyl (C=O) groups excluding carboxylic acids is 1. The number of hydrogen-bond donors (Lipinski definition) is 2. The van der Waals surface area contributed by atoms with E-state index in [1.807, 2.05) is 60.4 Å². The third kappa shape index (κ3) is 10.2. The molecule has 0 bridgehead atoms. The highest BCUT2D eigenvalue weighted by Crippen LogP contribution is 2.48. The monoisotopic (exact) mass is 815 g/mol. The van der Waals surface area contributed by atoms with Gasteiger partial charge in [-0.1, -0.05) is 60.5 Å². The molecule has 3 heterocycles. The highest BCUT2D eigenvalue weighted by atomic mass is 35.5. The number of rotatable bonds is 16. The number of piperidine rings is 2. The number of nitriles is 1. The summed E-state index contributed by atoms with van der Waals surface area (Å²) in [6.45, 7) is 5.97. The summed E-state index contributed by atoms with van der Waals surface area (Å²) in [6, 6.07) is 16.7. The summed E-state index contributed by atoms with van der Waals surface area (Å²) in [5.41, 5.74) is 2.57. The minimum atomic E-state index is -1.12. The molecule has 57 heavy (non-hydrogen) atoms. The number of likely N-dealkylation sites (tertiary alicyclic amines) is 2. The van der Waals surface area contributed by atoms with Crippen LogP contribution in [0.5, 0.6) is 11.5 Å². The number of aromatic nitrogens is 1. The van der Waals surface area contributed by atoms with Crippen molar-refractivity contribution >= 4 is 40.7 Å². The summed E-state index contributed by atoms with van der Waals surface area (Å²) >= 11 is 14.6. The topological polar surface area (TPSA) is 137 Å². The van der Waals surface area contributed by atoms with Crippen molar-refractivity contribution in [2.24, 2.45) is 5.92 Å². The fraction of sp³-hybridized carbons (Fsp3) is 0.455. The van der Waals surface area contributed by atoms with E-state index in [-0.39, 0.29) is 25.0 Å². The van der Waals surface area contributed by atoms with Crippen LogP contribution in [0.2, 0.25) is 5.02 Å². The maximum atomic E-state index is 12.2. The summed E-state index contributed by atoms with van der Waals surface area (Å²) < 4.78 is 19.8. The molecule has 302 valence electrons. The quantitative estimate of drug-likeness (QED) is 0.112. The van der Waals surface area contributed by atoms with Gasteiger partial charge in [-0.2, -0.15) is 5.26 Å². The molecule has 13 heteroatoms. The van der Waals surface area contributed by atoms with Gasteiger partial charge in [-0.3, -0.25) is 19.5 Å². The number of halogens is 2. The van der Waals surface area contributed by atoms with E-state index in [9.17, 15) is 20.0 Å². The Bertz CT molecular complexity index is 1980. The van der Waals surface area contributed by atoms with Crippen LogP contribution in [0.1, 0.15) is 67.7 Å². The largest absolute Gasteiger partial charge is 0.488 e. The summed E-state index contributed by atoms with van der Waals surface area (Å²) in [5, 5.41) is 22.5. The van der Waals surface area contributed by atoms with Gasteiger partial charge in [0.2, 0.25) is 5.91 Å². The second-order valence-electron chi connectivity index (χ2n) is 15.1. The normalized spacial score (nSPS) is 23.0. The van der Waals surface area contributed by atoms with Crippen LogP contribution in [0, 0.1) is 17.2 Å². The number of ether oxygens (including phenoxy) is 3. The molecule has 1 aliphatic carbocycles. The van der Waals surface area contributed by atoms with Gasteiger partial charge in [0.25, 0.3) is 0 Å². The van der Waals surface area contributed by atoms with E-state index in [0.717, 1.165) is 62.9 Å². The Hall–Kier alpha value is -4.44. The van der Waals surface area contributed by atoms with Crippen LogP contribution in [0.25, 0.3) is 5.57 Å². The van der Waals surface area contributed by atoms with Gasteiger partial charge in [0, 0.05) is 62.2 Å². The molecular formula is C44H51Cl2N5O6. The zero-order valence-electron chi connectivity index (χ0n) is 32.6. The number of hydrogen-bond acceptors (Lipinski definition) is 9. The molecule has 2 unspecified atom stereocenters. The first kappa shape index (κ1) is 42.2. The molecule has 0 saturated carbocycles. The molecule has 2 N–H and O–H groups in total. The maximum Gasteiger partial charge on any atom is 0.320 e. The molecule has 2 fully saturated rings. The predicted molar refractivity (Wildman–Crippen MR) is 220 cm³/mol. The van der Waals surface area contributed by atoms with Crippen LogP contribution in [0.4, 0.5) is 0 Å². The molecule has 2 saturated heterocycles. The number of alkyl halides is 1. The molecule has 3 aromatic rings. The first-order chi connectivity index (χ1) is 27.5. The van der Waals surface area contributed by atoms with E-state index < -0.39 is 22.5 Å². The van der Waals surface area contributed by atoms with Gasteiger partial charge in [-0.15, -0.1) is 11.6 Å². The number of amides is 1. The summed E-state index contributed by atoms with van der Waals surface area (Å²) in [5.74, 6) is 0.135. The molecule has 1 aromatic heterocycles. The molecule has 0 radical (unpaired) electrons. The average molecular weight is 817 g/mol. The lowest BCUT2D eigenvalue weighted by Gasteiger charge is -2.45. The van der Waals surface area contributed by atoms with Crippen molar-refractivity contribution in [3.63, 3.8) is 0 Å². The average Bonchev–Trinajstić information content (AvgIpc) is 3.22. The Morgan fingerprint density at radius 2 is 1.84 bits per heavy atom. The standard InChI is InChI=1S/C44H51Cl2N5O6/c1-43(46)36(33-10-4-3-5-11-33)12-8-16-44(43,57-21-9-17-50-19-14-34(15-20-50)41(52)48-2)30-56-40-24-39(55-29-32-22-31(25-47)26-49-27-32)35(23-37(40)45)28-51-18-7-6-13-38(51)42(53)54/h3-5,8,10-12,16,22-24,26-27,34,38H,6-7,9,13-15,17-21,28-30H2,1-2H3,(H,48,52)(H,53,54)/t38-,43?,44?/m0/s1. The van der Waals surface area contributed by atoms with Crippen molar-refractivity contribution in [2.45, 2.75) is 75.1 Å². The van der Waals surface area contributed by atoms with Gasteiger partial charge >= 0.3 is 5.97 Å². The Morgan fingerprint density at radius 1 is 1.05 bits per heavy atom. The number of nitrogens with zero attached hydrogens (tertiary/aromatic N) is 4. The third-order valence-electron chi connectivity index (χ3n) is 11.3. The first-order valence-electron chi connectivity index (χ1n) is 19.6. The molecule has 2 aliphatic heterocycles. The number of benzene rings is 2. The number of allylic oxidation sites excluding steroid dienone is 2. The van der Waals surface area contributed by atoms with Crippen LogP contribution in [0.3, 0.4) is 0 Å². The fourth-order valence-corrected chi connectivity index (χ4v) is 8.58. The van der Waals surface area contributed by atoms with Gasteiger partial charge < -0.3 is 29.5 Å². The van der Waals surface area contributed by atoms with Gasteiger partial charge in [0.15, 0.2) is 0 Å². The van der Waals surface area contributed by atoms with Crippen molar-refractivity contribution in [3.8, 4) is 17.6 Å². The van der Waals surface area contributed by atoms with Crippen LogP contribution < -0.4 is 14.8 Å². The highest BCUT2D eigenvalue weighted by Gasteiger charge is 2.51. The Labute approximate surface area is 345 Å². The molecule has 6 rings (SSSR count). The molecule has 11 nitrogen and oxygen atoms in total. The number of nitrogens with one attached hydrogen (secondary N) is 1. The number of aliphatic carboxylic acids is 1. The van der Waals surface area contributed by atoms with Gasteiger partial charge in [-0.25, -0.2) is 0 Å². The summed E-state index contributed by atoms with van der Waals surface area (Å²) in [4.78, 5) is 31.8. The summed E-state index contributed by atoms with van der Waals surface area (Å²) in [7, 11) is 1.69. The predicted octanol–water partition coefficient (Wildman–Crippen LogP) is 7.26. The van der Waals surface area contributed by atoms with Crippen molar-refractivity contribution in [1.82, 2.24) is 20.1 Å². The van der Waals surface area contributed by atoms with E-state index in [4.69, 9.17) is 37.4 Å². The first-order valence-corrected chi connectivity index (χ1v) is 20.4. The molecule has 1 amide bonds. The Kier molecular flexibility index (Phi) is 14.3. The smallest absolute Gasteiger partial charge is 0.320 e. The number of carboxylic acids is 1. The van der Waals surface area contributed by atoms with Gasteiger partial charge in [-0.05, 0) is 88.0 Å². The van der Waals surface area contributed by atoms with E-state index in [0.29, 0.717) is 59.3 Å². The second kappa shape index (κ2) is 19.3. The molecule has 3 aliphatic rings. The fourth-order valence-electron chi connectivity index (χ4n) is 8.00. The maximum absolute atomic E-state index is 12.2. The van der Waals surface area contributed by atoms with Crippen molar-refractivity contribution < 1.29 is 28.9 Å². The van der Waals surface area contributed by atoms with Crippen LogP contribution >= 0.6 is 23.2 Å². The minimum absolute atomic E-state index is 0.0189. The van der Waals surface area contributed by atoms with E-state index >= 15 is 0 Å². The van der Waals surface area contributed by atoms with Crippen LogP contribution in [-0.4, -0.2) is 94.7 Å². The van der Waals surface area contributed by atoms with Crippen molar-refractivity contribution in [2.75, 3.05) is 46.4 Å². The SMILES string of the molecule is CNC(=O)C1CCN(CCCOC2(COc3cc(OCc4cncc(C#N)c4)c(CN4CCCC[C@H]4C(=O)O)cc3Cl)C=CC=C(c3ccccc3)C2(C)Cl)CC1. The van der Waals surface area contributed by atoms with Crippen LogP contribution in [0.15, 0.2) is 79.2 Å². The molecule has 3 atom stereocenters. The van der Waals surface area contributed by atoms with E-state index in [1.54, 1.807) is 31.4 Å². The van der Waals surface area contributed by atoms with Crippen LogP contribution in [-0.2, 0) is 27.5 Å². The highest BCUT2D eigenvalue weighted by molar-refractivity contribution is 6.32. The lowest BCUT2D eigenvalue weighted by molar-refractivity contribution is -0.144. The zero-order chi connectivity index (χ0) is 40.4. The lowest BCUT2D eigenvalue weighted by atomic mass is 9.76. The Morgan fingerprint density at radius 3 is 2.58 bits per heavy atom. The molecular weight excluding hydrogens is 765 g/mol. The van der Waals surface area contributed by atoms with Crippen molar-refractivity contribution in [3.05, 3.63) is 106 Å². The number of carbonyl (C=O) groups is 2. The van der Waals surface area contributed by atoms with E-state index in [1.165, 1.54) is 6.20 Å². The molecule has 2 aromatic carbocycles. The van der Waals surface area contributed by atoms with Gasteiger partial charge in [0.1, 0.15) is 47.3 Å². The number of carboxylic acid groups (broad SMARTS) is 1. The van der Waals surface area contributed by atoms with Gasteiger partial charge in [0.05, 0.1) is 10.6 Å². The second-order valence-corrected chi connectivity index (χ2v) is 16.3. The lowest BCUT2D eigenvalue weighted by Crippen LogP contribution is -2.55. The minimum Gasteiger partial charge on any atom is -0.488 e. The molecule has 0 spiro atoms.